The first-order chi connectivity index (χ1) is 12.2. The number of carbonyl (C=O) groups is 1. The van der Waals surface area contributed by atoms with E-state index in [2.05, 4.69) is 9.88 Å². The fraction of sp³-hybridized carbons (Fsp3) is 0.474. The molecule has 6 heteroatoms. The highest BCUT2D eigenvalue weighted by Crippen LogP contribution is 2.35. The molecule has 2 aliphatic heterocycles. The lowest BCUT2D eigenvalue weighted by Gasteiger charge is -2.41. The van der Waals surface area contributed by atoms with Crippen LogP contribution in [0.25, 0.3) is 10.9 Å². The molecule has 0 amide bonds. The maximum absolute atomic E-state index is 12.5. The van der Waals surface area contributed by atoms with Crippen molar-refractivity contribution in [1.29, 1.82) is 0 Å². The minimum Gasteiger partial charge on any atom is -0.462 e. The molecule has 2 aromatic rings. The number of rotatable bonds is 3. The second-order valence-corrected chi connectivity index (χ2v) is 6.51. The molecule has 2 aliphatic rings. The van der Waals surface area contributed by atoms with E-state index in [-0.39, 0.29) is 11.6 Å². The second-order valence-electron chi connectivity index (χ2n) is 6.51. The Morgan fingerprint density at radius 3 is 3.04 bits per heavy atom. The summed E-state index contributed by atoms with van der Waals surface area (Å²) in [5, 5.41) is 0.962. The molecule has 1 spiro atoms. The number of hydrogen-bond acceptors (Lipinski definition) is 6. The smallest absolute Gasteiger partial charge is 0.341 e. The first-order valence-corrected chi connectivity index (χ1v) is 8.74. The number of pyridine rings is 1. The number of fused-ring (bicyclic) bond motifs is 1. The summed E-state index contributed by atoms with van der Waals surface area (Å²) in [7, 11) is 0. The Labute approximate surface area is 146 Å². The van der Waals surface area contributed by atoms with Gasteiger partial charge in [0.25, 0.3) is 0 Å². The Bertz CT molecular complexity index is 786. The topological polar surface area (TPSA) is 60.9 Å². The van der Waals surface area contributed by atoms with Gasteiger partial charge >= 0.3 is 5.97 Å². The molecule has 1 atom stereocenters. The number of esters is 1. The van der Waals surface area contributed by atoms with Gasteiger partial charge < -0.3 is 19.1 Å². The first kappa shape index (κ1) is 16.3. The van der Waals surface area contributed by atoms with Crippen LogP contribution >= 0.6 is 0 Å². The Morgan fingerprint density at radius 1 is 1.36 bits per heavy atom. The molecule has 2 fully saturated rings. The van der Waals surface area contributed by atoms with Gasteiger partial charge in [-0.05, 0) is 13.0 Å². The van der Waals surface area contributed by atoms with Gasteiger partial charge in [-0.3, -0.25) is 4.98 Å². The summed E-state index contributed by atoms with van der Waals surface area (Å²) in [4.78, 5) is 19.2. The second kappa shape index (κ2) is 6.61. The zero-order valence-corrected chi connectivity index (χ0v) is 14.4. The lowest BCUT2D eigenvalue weighted by atomic mass is 9.98. The highest BCUT2D eigenvalue weighted by molar-refractivity contribution is 6.05. The summed E-state index contributed by atoms with van der Waals surface area (Å²) in [6.07, 6.45) is 2.50. The molecule has 3 heterocycles. The molecule has 132 valence electrons. The minimum absolute atomic E-state index is 0.283. The van der Waals surface area contributed by atoms with Crippen LogP contribution < -0.4 is 4.90 Å². The van der Waals surface area contributed by atoms with Gasteiger partial charge in [-0.1, -0.05) is 18.2 Å². The molecule has 0 radical (unpaired) electrons. The average Bonchev–Trinajstić information content (AvgIpc) is 3.08. The van der Waals surface area contributed by atoms with Gasteiger partial charge in [0, 0.05) is 37.7 Å². The van der Waals surface area contributed by atoms with Crippen LogP contribution in [0.2, 0.25) is 0 Å². The van der Waals surface area contributed by atoms with Crippen LogP contribution in [-0.2, 0) is 14.2 Å². The molecular formula is C19H22N2O4. The van der Waals surface area contributed by atoms with Crippen molar-refractivity contribution in [3.05, 3.63) is 36.0 Å². The van der Waals surface area contributed by atoms with Crippen molar-refractivity contribution in [2.24, 2.45) is 0 Å². The molecule has 25 heavy (non-hydrogen) atoms. The van der Waals surface area contributed by atoms with E-state index in [9.17, 15) is 4.79 Å². The molecule has 2 saturated heterocycles. The number of hydrogen-bond donors (Lipinski definition) is 0. The molecule has 4 rings (SSSR count). The van der Waals surface area contributed by atoms with Crippen molar-refractivity contribution in [3.63, 3.8) is 0 Å². The van der Waals surface area contributed by atoms with E-state index in [1.807, 2.05) is 31.2 Å². The van der Waals surface area contributed by atoms with Crippen molar-refractivity contribution in [2.75, 3.05) is 44.4 Å². The number of anilines is 1. The fourth-order valence-corrected chi connectivity index (χ4v) is 3.69. The molecule has 1 aromatic carbocycles. The van der Waals surface area contributed by atoms with Gasteiger partial charge in [0.15, 0.2) is 0 Å². The van der Waals surface area contributed by atoms with Gasteiger partial charge in [-0.2, -0.15) is 0 Å². The maximum atomic E-state index is 12.5. The van der Waals surface area contributed by atoms with Crippen LogP contribution in [0.15, 0.2) is 30.5 Å². The number of benzene rings is 1. The minimum atomic E-state index is -0.334. The number of carbonyl (C=O) groups excluding carboxylic acids is 1. The molecular weight excluding hydrogens is 320 g/mol. The van der Waals surface area contributed by atoms with Gasteiger partial charge in [-0.15, -0.1) is 0 Å². The standard InChI is InChI=1S/C19H22N2O4/c1-2-24-18(22)15-11-20-16-6-4-3-5-14(16)17(15)21-8-10-25-19(12-21)7-9-23-13-19/h3-6,11H,2,7-10,12-13H2,1H3. The maximum Gasteiger partial charge on any atom is 0.341 e. The van der Waals surface area contributed by atoms with E-state index in [4.69, 9.17) is 14.2 Å². The SMILES string of the molecule is CCOC(=O)c1cnc2ccccc2c1N1CCOC2(CCOC2)C1. The largest absolute Gasteiger partial charge is 0.462 e. The third kappa shape index (κ3) is 2.96. The lowest BCUT2D eigenvalue weighted by molar-refractivity contribution is -0.0579. The fourth-order valence-electron chi connectivity index (χ4n) is 3.69. The predicted octanol–water partition coefficient (Wildman–Crippen LogP) is 2.41. The van der Waals surface area contributed by atoms with E-state index >= 15 is 0 Å². The number of nitrogens with zero attached hydrogens (tertiary/aromatic N) is 2. The molecule has 6 nitrogen and oxygen atoms in total. The summed E-state index contributed by atoms with van der Waals surface area (Å²) in [6, 6.07) is 7.89. The predicted molar refractivity (Wildman–Crippen MR) is 94.0 cm³/mol. The molecule has 0 N–H and O–H groups in total. The summed E-state index contributed by atoms with van der Waals surface area (Å²) < 4.78 is 16.9. The van der Waals surface area contributed by atoms with Crippen molar-refractivity contribution in [3.8, 4) is 0 Å². The van der Waals surface area contributed by atoms with Crippen molar-refractivity contribution >= 4 is 22.6 Å². The van der Waals surface area contributed by atoms with Crippen LogP contribution in [-0.4, -0.2) is 56.1 Å². The number of para-hydroxylation sites is 1. The normalized spacial score (nSPS) is 23.3. The number of ether oxygens (including phenoxy) is 3. The van der Waals surface area contributed by atoms with Crippen LogP contribution in [0.5, 0.6) is 0 Å². The third-order valence-corrected chi connectivity index (χ3v) is 4.87. The van der Waals surface area contributed by atoms with E-state index in [0.717, 1.165) is 36.2 Å². The number of morpholine rings is 1. The highest BCUT2D eigenvalue weighted by atomic mass is 16.6. The average molecular weight is 342 g/mol. The van der Waals surface area contributed by atoms with Crippen molar-refractivity contribution in [1.82, 2.24) is 4.98 Å². The van der Waals surface area contributed by atoms with Crippen LogP contribution in [0.4, 0.5) is 5.69 Å². The van der Waals surface area contributed by atoms with Crippen LogP contribution in [0.1, 0.15) is 23.7 Å². The van der Waals surface area contributed by atoms with Crippen LogP contribution in [0, 0.1) is 0 Å². The van der Waals surface area contributed by atoms with Crippen molar-refractivity contribution in [2.45, 2.75) is 18.9 Å². The third-order valence-electron chi connectivity index (χ3n) is 4.87. The number of aromatic nitrogens is 1. The molecule has 0 saturated carbocycles. The Morgan fingerprint density at radius 2 is 2.24 bits per heavy atom. The van der Waals surface area contributed by atoms with E-state index < -0.39 is 0 Å². The zero-order chi connectivity index (χ0) is 17.3. The Balaban J connectivity index is 1.80. The van der Waals surface area contributed by atoms with E-state index in [1.165, 1.54) is 0 Å². The summed E-state index contributed by atoms with van der Waals surface area (Å²) in [5.41, 5.74) is 1.98. The van der Waals surface area contributed by atoms with Gasteiger partial charge in [0.1, 0.15) is 11.2 Å². The van der Waals surface area contributed by atoms with Gasteiger partial charge in [-0.25, -0.2) is 4.79 Å². The van der Waals surface area contributed by atoms with Crippen LogP contribution in [0.3, 0.4) is 0 Å². The van der Waals surface area contributed by atoms with Gasteiger partial charge in [0.2, 0.25) is 0 Å². The van der Waals surface area contributed by atoms with E-state index in [0.29, 0.717) is 31.9 Å². The quantitative estimate of drug-likeness (QED) is 0.799. The monoisotopic (exact) mass is 342 g/mol. The molecule has 1 aromatic heterocycles. The van der Waals surface area contributed by atoms with Crippen molar-refractivity contribution < 1.29 is 19.0 Å². The first-order valence-electron chi connectivity index (χ1n) is 8.74. The Kier molecular flexibility index (Phi) is 4.31. The zero-order valence-electron chi connectivity index (χ0n) is 14.4. The van der Waals surface area contributed by atoms with Gasteiger partial charge in [0.05, 0.1) is 31.0 Å². The molecule has 0 aliphatic carbocycles. The Hall–Kier alpha value is -2.18. The molecule has 1 unspecified atom stereocenters. The highest BCUT2D eigenvalue weighted by Gasteiger charge is 2.41. The lowest BCUT2D eigenvalue weighted by Crippen LogP contribution is -2.52. The summed E-state index contributed by atoms with van der Waals surface area (Å²) >= 11 is 0. The molecule has 0 bridgehead atoms. The summed E-state index contributed by atoms with van der Waals surface area (Å²) in [5.74, 6) is -0.334. The van der Waals surface area contributed by atoms with E-state index in [1.54, 1.807) is 6.20 Å². The summed E-state index contributed by atoms with van der Waals surface area (Å²) in [6.45, 7) is 5.51.